The SMILES string of the molecule is CCC(C)(C)NCC(=O)Nc1cc(C)nn1-c1ccc(F)cc1. The van der Waals surface area contributed by atoms with E-state index in [0.29, 0.717) is 11.5 Å². The smallest absolute Gasteiger partial charge is 0.239 e. The molecule has 0 atom stereocenters. The van der Waals surface area contributed by atoms with Gasteiger partial charge in [0.1, 0.15) is 11.6 Å². The highest BCUT2D eigenvalue weighted by molar-refractivity contribution is 5.91. The van der Waals surface area contributed by atoms with Gasteiger partial charge in [-0.15, -0.1) is 0 Å². The molecule has 0 radical (unpaired) electrons. The lowest BCUT2D eigenvalue weighted by Gasteiger charge is -2.24. The molecule has 0 aliphatic heterocycles. The Bertz CT molecular complexity index is 676. The Kier molecular flexibility index (Phi) is 5.15. The molecule has 0 spiro atoms. The summed E-state index contributed by atoms with van der Waals surface area (Å²) in [7, 11) is 0. The molecule has 124 valence electrons. The topological polar surface area (TPSA) is 59.0 Å². The van der Waals surface area contributed by atoms with Gasteiger partial charge in [-0.3, -0.25) is 4.79 Å². The van der Waals surface area contributed by atoms with E-state index in [1.54, 1.807) is 22.9 Å². The number of carbonyl (C=O) groups is 1. The highest BCUT2D eigenvalue weighted by atomic mass is 19.1. The van der Waals surface area contributed by atoms with Crippen LogP contribution in [0, 0.1) is 12.7 Å². The quantitative estimate of drug-likeness (QED) is 0.860. The lowest BCUT2D eigenvalue weighted by atomic mass is 10.0. The maximum atomic E-state index is 13.1. The van der Waals surface area contributed by atoms with Crippen molar-refractivity contribution >= 4 is 11.7 Å². The van der Waals surface area contributed by atoms with Crippen LogP contribution in [0.3, 0.4) is 0 Å². The van der Waals surface area contributed by atoms with Gasteiger partial charge in [0.15, 0.2) is 0 Å². The second-order valence-corrected chi connectivity index (χ2v) is 6.20. The first-order valence-corrected chi connectivity index (χ1v) is 7.68. The first-order chi connectivity index (χ1) is 10.8. The predicted octanol–water partition coefficient (Wildman–Crippen LogP) is 3.04. The molecule has 1 amide bonds. The average Bonchev–Trinajstić information content (AvgIpc) is 2.87. The van der Waals surface area contributed by atoms with Gasteiger partial charge in [0.2, 0.25) is 5.91 Å². The number of anilines is 1. The van der Waals surface area contributed by atoms with Crippen LogP contribution in [0.2, 0.25) is 0 Å². The van der Waals surface area contributed by atoms with Gasteiger partial charge in [-0.1, -0.05) is 6.92 Å². The molecule has 1 heterocycles. The van der Waals surface area contributed by atoms with Crippen molar-refractivity contribution in [3.63, 3.8) is 0 Å². The number of nitrogens with zero attached hydrogens (tertiary/aromatic N) is 2. The van der Waals surface area contributed by atoms with E-state index < -0.39 is 0 Å². The van der Waals surface area contributed by atoms with E-state index in [1.165, 1.54) is 12.1 Å². The molecule has 2 rings (SSSR count). The van der Waals surface area contributed by atoms with Crippen molar-refractivity contribution in [1.29, 1.82) is 0 Å². The summed E-state index contributed by atoms with van der Waals surface area (Å²) >= 11 is 0. The fraction of sp³-hybridized carbons (Fsp3) is 0.412. The number of hydrogen-bond acceptors (Lipinski definition) is 3. The van der Waals surface area contributed by atoms with Gasteiger partial charge in [0.05, 0.1) is 17.9 Å². The van der Waals surface area contributed by atoms with Crippen LogP contribution in [-0.4, -0.2) is 27.8 Å². The van der Waals surface area contributed by atoms with E-state index in [2.05, 4.69) is 22.7 Å². The number of nitrogens with one attached hydrogen (secondary N) is 2. The fourth-order valence-electron chi connectivity index (χ4n) is 2.00. The molecule has 0 saturated carbocycles. The zero-order valence-corrected chi connectivity index (χ0v) is 14.0. The van der Waals surface area contributed by atoms with Crippen molar-refractivity contribution in [2.24, 2.45) is 0 Å². The summed E-state index contributed by atoms with van der Waals surface area (Å²) in [5.74, 6) is 0.110. The number of carbonyl (C=O) groups excluding carboxylic acids is 1. The van der Waals surface area contributed by atoms with Crippen LogP contribution in [0.25, 0.3) is 5.69 Å². The third-order valence-corrected chi connectivity index (χ3v) is 3.78. The largest absolute Gasteiger partial charge is 0.309 e. The number of amides is 1. The average molecular weight is 318 g/mol. The molecule has 0 fully saturated rings. The first kappa shape index (κ1) is 17.1. The second kappa shape index (κ2) is 6.91. The number of benzene rings is 1. The van der Waals surface area contributed by atoms with Crippen molar-refractivity contribution in [3.8, 4) is 5.69 Å². The Morgan fingerprint density at radius 1 is 1.30 bits per heavy atom. The highest BCUT2D eigenvalue weighted by Gasteiger charge is 2.16. The summed E-state index contributed by atoms with van der Waals surface area (Å²) < 4.78 is 14.7. The van der Waals surface area contributed by atoms with E-state index in [-0.39, 0.29) is 23.8 Å². The van der Waals surface area contributed by atoms with Crippen molar-refractivity contribution < 1.29 is 9.18 Å². The van der Waals surface area contributed by atoms with Gasteiger partial charge in [0, 0.05) is 11.6 Å². The number of aryl methyl sites for hydroxylation is 1. The molecular formula is C17H23FN4O. The van der Waals surface area contributed by atoms with Crippen molar-refractivity contribution in [3.05, 3.63) is 41.8 Å². The van der Waals surface area contributed by atoms with Crippen LogP contribution >= 0.6 is 0 Å². The zero-order chi connectivity index (χ0) is 17.0. The third-order valence-electron chi connectivity index (χ3n) is 3.78. The summed E-state index contributed by atoms with van der Waals surface area (Å²) in [6.45, 7) is 8.22. The summed E-state index contributed by atoms with van der Waals surface area (Å²) in [5, 5.41) is 10.4. The van der Waals surface area contributed by atoms with Crippen molar-refractivity contribution in [1.82, 2.24) is 15.1 Å². The molecule has 1 aromatic heterocycles. The van der Waals surface area contributed by atoms with Gasteiger partial charge < -0.3 is 10.6 Å². The van der Waals surface area contributed by atoms with Crippen molar-refractivity contribution in [2.75, 3.05) is 11.9 Å². The predicted molar refractivity (Wildman–Crippen MR) is 89.3 cm³/mol. The van der Waals surface area contributed by atoms with Crippen LogP contribution < -0.4 is 10.6 Å². The molecule has 0 aliphatic rings. The Balaban J connectivity index is 2.11. The molecule has 0 aliphatic carbocycles. The Morgan fingerprint density at radius 3 is 2.57 bits per heavy atom. The highest BCUT2D eigenvalue weighted by Crippen LogP contribution is 2.17. The zero-order valence-electron chi connectivity index (χ0n) is 14.0. The van der Waals surface area contributed by atoms with Crippen LogP contribution in [-0.2, 0) is 4.79 Å². The van der Waals surface area contributed by atoms with Crippen LogP contribution in [0.5, 0.6) is 0 Å². The number of rotatable bonds is 6. The maximum Gasteiger partial charge on any atom is 0.239 e. The van der Waals surface area contributed by atoms with Gasteiger partial charge in [-0.05, 0) is 51.5 Å². The monoisotopic (exact) mass is 318 g/mol. The first-order valence-electron chi connectivity index (χ1n) is 7.68. The van der Waals surface area contributed by atoms with E-state index in [9.17, 15) is 9.18 Å². The molecule has 1 aromatic carbocycles. The summed E-state index contributed by atoms with van der Waals surface area (Å²) in [5.41, 5.74) is 1.37. The van der Waals surface area contributed by atoms with E-state index in [1.807, 2.05) is 20.8 Å². The fourth-order valence-corrected chi connectivity index (χ4v) is 2.00. The number of hydrogen-bond donors (Lipinski definition) is 2. The third kappa shape index (κ3) is 4.63. The van der Waals surface area contributed by atoms with Crippen LogP contribution in [0.1, 0.15) is 32.9 Å². The minimum absolute atomic E-state index is 0.0928. The molecule has 0 unspecified atom stereocenters. The minimum atomic E-state index is -0.311. The molecule has 6 heteroatoms. The van der Waals surface area contributed by atoms with Gasteiger partial charge >= 0.3 is 0 Å². The molecular weight excluding hydrogens is 295 g/mol. The standard InChI is InChI=1S/C17H23FN4O/c1-5-17(3,4)19-11-16(23)20-15-10-12(2)21-22(15)14-8-6-13(18)7-9-14/h6-10,19H,5,11H2,1-4H3,(H,20,23). The Labute approximate surface area is 135 Å². The second-order valence-electron chi connectivity index (χ2n) is 6.20. The van der Waals surface area contributed by atoms with Gasteiger partial charge in [-0.25, -0.2) is 9.07 Å². The molecule has 2 N–H and O–H groups in total. The number of halogens is 1. The van der Waals surface area contributed by atoms with Crippen molar-refractivity contribution in [2.45, 2.75) is 39.7 Å². The molecule has 0 saturated heterocycles. The van der Waals surface area contributed by atoms with Crippen LogP contribution in [0.4, 0.5) is 10.2 Å². The number of aromatic nitrogens is 2. The van der Waals surface area contributed by atoms with Crippen LogP contribution in [0.15, 0.2) is 30.3 Å². The van der Waals surface area contributed by atoms with E-state index in [4.69, 9.17) is 0 Å². The molecule has 2 aromatic rings. The Hall–Kier alpha value is -2.21. The summed E-state index contributed by atoms with van der Waals surface area (Å²) in [6.07, 6.45) is 0.924. The lowest BCUT2D eigenvalue weighted by Crippen LogP contribution is -2.43. The van der Waals surface area contributed by atoms with Gasteiger partial charge in [-0.2, -0.15) is 5.10 Å². The normalized spacial score (nSPS) is 11.5. The summed E-state index contributed by atoms with van der Waals surface area (Å²) in [4.78, 5) is 12.1. The molecule has 23 heavy (non-hydrogen) atoms. The minimum Gasteiger partial charge on any atom is -0.309 e. The van der Waals surface area contributed by atoms with E-state index >= 15 is 0 Å². The van der Waals surface area contributed by atoms with E-state index in [0.717, 1.165) is 12.1 Å². The summed E-state index contributed by atoms with van der Waals surface area (Å²) in [6, 6.07) is 7.75. The lowest BCUT2D eigenvalue weighted by molar-refractivity contribution is -0.115. The maximum absolute atomic E-state index is 13.1. The van der Waals surface area contributed by atoms with Gasteiger partial charge in [0.25, 0.3) is 0 Å². The Morgan fingerprint density at radius 2 is 1.96 bits per heavy atom. The molecule has 0 bridgehead atoms. The molecule has 5 nitrogen and oxygen atoms in total.